The minimum Gasteiger partial charge on any atom is -0.166 e. The van der Waals surface area contributed by atoms with Crippen molar-refractivity contribution in [3.05, 3.63) is 47.0 Å². The van der Waals surface area contributed by atoms with Crippen LogP contribution in [0, 0.1) is 0 Å². The Bertz CT molecular complexity index is 704. The quantitative estimate of drug-likeness (QED) is 0.527. The van der Waals surface area contributed by atoms with Gasteiger partial charge >= 0.3 is 18.5 Å². The molecule has 0 fully saturated rings. The third kappa shape index (κ3) is 2.84. The van der Waals surface area contributed by atoms with Gasteiger partial charge in [0.25, 0.3) is 0 Å². The molecule has 0 aliphatic heterocycles. The largest absolute Gasteiger partial charge is 0.417 e. The molecule has 0 unspecified atom stereocenters. The predicted octanol–water partition coefficient (Wildman–Crippen LogP) is 5.90. The van der Waals surface area contributed by atoms with Crippen LogP contribution in [-0.2, 0) is 18.5 Å². The van der Waals surface area contributed by atoms with Crippen molar-refractivity contribution in [3.8, 4) is 0 Å². The van der Waals surface area contributed by atoms with Crippen LogP contribution in [0.5, 0.6) is 0 Å². The molecule has 9 heteroatoms. The van der Waals surface area contributed by atoms with Crippen LogP contribution in [-0.4, -0.2) is 0 Å². The summed E-state index contributed by atoms with van der Waals surface area (Å²) < 4.78 is 116. The number of fused-ring (bicyclic) bond motifs is 1. The predicted molar refractivity (Wildman–Crippen MR) is 59.0 cm³/mol. The fourth-order valence-electron chi connectivity index (χ4n) is 2.16. The van der Waals surface area contributed by atoms with Gasteiger partial charge < -0.3 is 0 Å². The lowest BCUT2D eigenvalue weighted by atomic mass is 9.92. The van der Waals surface area contributed by atoms with E-state index in [4.69, 9.17) is 0 Å². The van der Waals surface area contributed by atoms with Crippen molar-refractivity contribution < 1.29 is 39.5 Å². The lowest BCUT2D eigenvalue weighted by Crippen LogP contribution is -2.23. The molecule has 0 aromatic heterocycles. The van der Waals surface area contributed by atoms with E-state index < -0.39 is 46.0 Å². The fourth-order valence-corrected chi connectivity index (χ4v) is 2.16. The minimum atomic E-state index is -5.81. The first kappa shape index (κ1) is 16.4. The van der Waals surface area contributed by atoms with Gasteiger partial charge in [-0.05, 0) is 16.8 Å². The molecule has 0 radical (unpaired) electrons. The zero-order valence-electron chi connectivity index (χ0n) is 10.3. The van der Waals surface area contributed by atoms with Crippen LogP contribution in [0.25, 0.3) is 10.8 Å². The third-order valence-corrected chi connectivity index (χ3v) is 2.92. The zero-order valence-corrected chi connectivity index (χ0v) is 10.3. The summed E-state index contributed by atoms with van der Waals surface area (Å²) in [5.74, 6) is 0. The molecule has 0 spiro atoms. The number of halogens is 9. The SMILES string of the molecule is FC(F)(F)c1cc2ccccc2c(C(F)(F)F)c1C(F)(F)F. The van der Waals surface area contributed by atoms with E-state index in [0.29, 0.717) is 6.07 Å². The Labute approximate surface area is 117 Å². The number of benzene rings is 2. The number of rotatable bonds is 0. The topological polar surface area (TPSA) is 0 Å². The van der Waals surface area contributed by atoms with E-state index in [1.165, 1.54) is 0 Å². The van der Waals surface area contributed by atoms with Gasteiger partial charge in [0.2, 0.25) is 0 Å². The first-order chi connectivity index (χ1) is 9.83. The van der Waals surface area contributed by atoms with Gasteiger partial charge in [-0.15, -0.1) is 0 Å². The summed E-state index contributed by atoms with van der Waals surface area (Å²) in [6, 6.07) is 3.82. The molecule has 0 N–H and O–H groups in total. The Morgan fingerprint density at radius 2 is 1.09 bits per heavy atom. The Hall–Kier alpha value is -1.93. The van der Waals surface area contributed by atoms with Crippen LogP contribution in [0.15, 0.2) is 30.3 Å². The summed E-state index contributed by atoms with van der Waals surface area (Å²) in [4.78, 5) is 0. The third-order valence-electron chi connectivity index (χ3n) is 2.92. The maximum Gasteiger partial charge on any atom is 0.417 e. The van der Waals surface area contributed by atoms with Crippen LogP contribution < -0.4 is 0 Å². The molecule has 0 heterocycles. The maximum absolute atomic E-state index is 13.0. The standard InChI is InChI=1S/C13H5F9/c14-11(15,16)8-5-6-3-1-2-4-7(6)9(12(17,18)19)10(8)13(20,21)22/h1-5H. The van der Waals surface area contributed by atoms with Crippen molar-refractivity contribution in [1.82, 2.24) is 0 Å². The van der Waals surface area contributed by atoms with Gasteiger partial charge in [-0.1, -0.05) is 24.3 Å². The molecule has 0 saturated heterocycles. The van der Waals surface area contributed by atoms with Crippen LogP contribution in [0.1, 0.15) is 16.7 Å². The van der Waals surface area contributed by atoms with Crippen molar-refractivity contribution in [3.63, 3.8) is 0 Å². The van der Waals surface area contributed by atoms with Gasteiger partial charge in [0.1, 0.15) is 0 Å². The molecule has 120 valence electrons. The molecule has 2 aromatic carbocycles. The van der Waals surface area contributed by atoms with Gasteiger partial charge in [-0.25, -0.2) is 0 Å². The van der Waals surface area contributed by atoms with Crippen molar-refractivity contribution in [2.24, 2.45) is 0 Å². The van der Waals surface area contributed by atoms with E-state index in [0.717, 1.165) is 18.2 Å². The normalized spacial score (nSPS) is 13.7. The van der Waals surface area contributed by atoms with Crippen molar-refractivity contribution in [2.75, 3.05) is 0 Å². The second kappa shape index (κ2) is 4.79. The lowest BCUT2D eigenvalue weighted by Gasteiger charge is -2.22. The molecule has 2 rings (SSSR count). The zero-order chi connectivity index (χ0) is 16.9. The molecular weight excluding hydrogens is 327 g/mol. The van der Waals surface area contributed by atoms with E-state index >= 15 is 0 Å². The second-order valence-electron chi connectivity index (χ2n) is 4.39. The fraction of sp³-hybridized carbons (Fsp3) is 0.231. The number of alkyl halides is 9. The van der Waals surface area contributed by atoms with Gasteiger partial charge in [-0.2, -0.15) is 39.5 Å². The minimum absolute atomic E-state index is 0.0768. The highest BCUT2D eigenvalue weighted by Crippen LogP contribution is 2.49. The van der Waals surface area contributed by atoms with Crippen molar-refractivity contribution in [1.29, 1.82) is 0 Å². The summed E-state index contributed by atoms with van der Waals surface area (Å²) in [6.07, 6.45) is -17.0. The van der Waals surface area contributed by atoms with E-state index in [1.54, 1.807) is 0 Å². The van der Waals surface area contributed by atoms with E-state index in [-0.39, 0.29) is 6.07 Å². The highest BCUT2D eigenvalue weighted by atomic mass is 19.4. The summed E-state index contributed by atoms with van der Waals surface area (Å²) >= 11 is 0. The molecule has 0 atom stereocenters. The van der Waals surface area contributed by atoms with E-state index in [2.05, 4.69) is 0 Å². The molecular formula is C13H5F9. The first-order valence-corrected chi connectivity index (χ1v) is 5.61. The van der Waals surface area contributed by atoms with Gasteiger partial charge in [0.05, 0.1) is 16.7 Å². The molecule has 0 aliphatic rings. The highest BCUT2D eigenvalue weighted by Gasteiger charge is 2.51. The Balaban J connectivity index is 3.09. The Morgan fingerprint density at radius 3 is 1.55 bits per heavy atom. The monoisotopic (exact) mass is 332 g/mol. The molecule has 0 saturated carbocycles. The molecule has 2 aromatic rings. The van der Waals surface area contributed by atoms with Gasteiger partial charge in [0, 0.05) is 0 Å². The Kier molecular flexibility index (Phi) is 3.58. The summed E-state index contributed by atoms with van der Waals surface area (Å²) in [6.45, 7) is 0. The average Bonchev–Trinajstić information content (AvgIpc) is 2.33. The van der Waals surface area contributed by atoms with Crippen molar-refractivity contribution in [2.45, 2.75) is 18.5 Å². The average molecular weight is 332 g/mol. The van der Waals surface area contributed by atoms with Crippen molar-refractivity contribution >= 4 is 10.8 Å². The molecule has 0 amide bonds. The summed E-state index contributed by atoms with van der Waals surface area (Å²) in [5.41, 5.74) is -7.40. The molecule has 0 nitrogen and oxygen atoms in total. The van der Waals surface area contributed by atoms with Crippen LogP contribution in [0.4, 0.5) is 39.5 Å². The number of hydrogen-bond acceptors (Lipinski definition) is 0. The van der Waals surface area contributed by atoms with Crippen LogP contribution in [0.2, 0.25) is 0 Å². The molecule has 0 aliphatic carbocycles. The van der Waals surface area contributed by atoms with Crippen LogP contribution >= 0.6 is 0 Å². The highest BCUT2D eigenvalue weighted by molar-refractivity contribution is 5.88. The smallest absolute Gasteiger partial charge is 0.166 e. The lowest BCUT2D eigenvalue weighted by molar-refractivity contribution is -0.173. The van der Waals surface area contributed by atoms with Crippen LogP contribution in [0.3, 0.4) is 0 Å². The summed E-state index contributed by atoms with van der Waals surface area (Å²) in [7, 11) is 0. The molecule has 22 heavy (non-hydrogen) atoms. The molecule has 0 bridgehead atoms. The first-order valence-electron chi connectivity index (χ1n) is 5.61. The van der Waals surface area contributed by atoms with E-state index in [1.807, 2.05) is 0 Å². The van der Waals surface area contributed by atoms with Gasteiger partial charge in [0.15, 0.2) is 0 Å². The number of hydrogen-bond donors (Lipinski definition) is 0. The second-order valence-corrected chi connectivity index (χ2v) is 4.39. The summed E-state index contributed by atoms with van der Waals surface area (Å²) in [5, 5.41) is -1.51. The Morgan fingerprint density at radius 1 is 0.591 bits per heavy atom. The maximum atomic E-state index is 13.0. The van der Waals surface area contributed by atoms with Gasteiger partial charge in [-0.3, -0.25) is 0 Å². The van der Waals surface area contributed by atoms with E-state index in [9.17, 15) is 39.5 Å².